The predicted octanol–water partition coefficient (Wildman–Crippen LogP) is 2.20. The number of nitrogens with zero attached hydrogens (tertiary/aromatic N) is 4. The van der Waals surface area contributed by atoms with Gasteiger partial charge in [-0.15, -0.1) is 0 Å². The van der Waals surface area contributed by atoms with Crippen LogP contribution in [0, 0.1) is 0 Å². The molecule has 1 aromatic carbocycles. The van der Waals surface area contributed by atoms with Crippen LogP contribution in [-0.2, 0) is 17.9 Å². The molecule has 1 fully saturated rings. The molecule has 7 nitrogen and oxygen atoms in total. The van der Waals surface area contributed by atoms with Crippen LogP contribution in [0.3, 0.4) is 0 Å². The summed E-state index contributed by atoms with van der Waals surface area (Å²) in [5, 5.41) is 4.03. The first-order chi connectivity index (χ1) is 14.6. The third-order valence-electron chi connectivity index (χ3n) is 5.12. The van der Waals surface area contributed by atoms with Gasteiger partial charge in [0, 0.05) is 57.1 Å². The summed E-state index contributed by atoms with van der Waals surface area (Å²) in [6, 6.07) is 12.8. The van der Waals surface area contributed by atoms with Crippen molar-refractivity contribution in [1.82, 2.24) is 19.7 Å². The van der Waals surface area contributed by atoms with E-state index in [0.717, 1.165) is 37.5 Å². The zero-order chi connectivity index (χ0) is 21.3. The first-order valence-electron chi connectivity index (χ1n) is 10.2. The highest BCUT2D eigenvalue weighted by molar-refractivity contribution is 6.30. The molecule has 0 radical (unpaired) electrons. The number of benzene rings is 1. The third-order valence-corrected chi connectivity index (χ3v) is 5.38. The van der Waals surface area contributed by atoms with Gasteiger partial charge >= 0.3 is 0 Å². The number of piperazine rings is 1. The molecule has 30 heavy (non-hydrogen) atoms. The number of aromatic nitrogens is 1. The van der Waals surface area contributed by atoms with E-state index in [2.05, 4.69) is 10.3 Å². The lowest BCUT2D eigenvalue weighted by Crippen LogP contribution is -2.55. The second kappa shape index (κ2) is 10.8. The van der Waals surface area contributed by atoms with Crippen LogP contribution >= 0.6 is 11.6 Å². The fourth-order valence-corrected chi connectivity index (χ4v) is 3.58. The number of halogens is 1. The van der Waals surface area contributed by atoms with Crippen molar-refractivity contribution in [1.29, 1.82) is 0 Å². The molecule has 2 heterocycles. The number of amides is 1. The Morgan fingerprint density at radius 1 is 1.10 bits per heavy atom. The molecule has 1 aromatic heterocycles. The molecule has 3 rings (SSSR count). The lowest BCUT2D eigenvalue weighted by Gasteiger charge is -2.36. The van der Waals surface area contributed by atoms with E-state index in [4.69, 9.17) is 11.6 Å². The minimum atomic E-state index is 0.0243. The van der Waals surface area contributed by atoms with E-state index in [1.165, 1.54) is 0 Å². The Morgan fingerprint density at radius 2 is 1.90 bits per heavy atom. The summed E-state index contributed by atoms with van der Waals surface area (Å²) < 4.78 is 1.72. The van der Waals surface area contributed by atoms with E-state index in [1.807, 2.05) is 46.3 Å². The van der Waals surface area contributed by atoms with Crippen molar-refractivity contribution in [2.24, 2.45) is 4.99 Å². The second-order valence-corrected chi connectivity index (χ2v) is 7.71. The van der Waals surface area contributed by atoms with Gasteiger partial charge in [0.1, 0.15) is 0 Å². The van der Waals surface area contributed by atoms with Gasteiger partial charge in [0.05, 0.1) is 6.54 Å². The number of pyridine rings is 1. The van der Waals surface area contributed by atoms with Crippen LogP contribution in [0.1, 0.15) is 18.4 Å². The number of nitrogens with one attached hydrogen (secondary N) is 1. The lowest BCUT2D eigenvalue weighted by atomic mass is 10.2. The van der Waals surface area contributed by atoms with Crippen molar-refractivity contribution in [3.8, 4) is 0 Å². The number of guanidine groups is 1. The summed E-state index contributed by atoms with van der Waals surface area (Å²) in [5.41, 5.74) is 1.09. The van der Waals surface area contributed by atoms with E-state index < -0.39 is 0 Å². The number of carbonyl (C=O) groups is 1. The Balaban J connectivity index is 1.41. The number of rotatable bonds is 7. The summed E-state index contributed by atoms with van der Waals surface area (Å²) in [5.74, 6) is 0.828. The van der Waals surface area contributed by atoms with Crippen molar-refractivity contribution < 1.29 is 4.79 Å². The summed E-state index contributed by atoms with van der Waals surface area (Å²) >= 11 is 5.93. The normalized spacial score (nSPS) is 14.9. The number of aliphatic imine (C=N–C) groups is 1. The van der Waals surface area contributed by atoms with Crippen LogP contribution in [0.15, 0.2) is 58.4 Å². The number of hydrogen-bond acceptors (Lipinski definition) is 3. The van der Waals surface area contributed by atoms with Gasteiger partial charge in [0.15, 0.2) is 5.96 Å². The highest BCUT2D eigenvalue weighted by Gasteiger charge is 2.25. The molecular weight excluding hydrogens is 402 g/mol. The molecule has 0 aliphatic carbocycles. The van der Waals surface area contributed by atoms with Gasteiger partial charge in [-0.25, -0.2) is 0 Å². The SMILES string of the molecule is CN=C(NCCCCn1ccccc1=O)N1CCN(Cc2ccc(Cl)cc2)C(=O)C1. The largest absolute Gasteiger partial charge is 0.356 e. The summed E-state index contributed by atoms with van der Waals surface area (Å²) in [4.78, 5) is 32.5. The number of carbonyl (C=O) groups excluding carboxylic acids is 1. The lowest BCUT2D eigenvalue weighted by molar-refractivity contribution is -0.135. The van der Waals surface area contributed by atoms with Crippen LogP contribution in [0.25, 0.3) is 0 Å². The zero-order valence-corrected chi connectivity index (χ0v) is 18.0. The highest BCUT2D eigenvalue weighted by atomic mass is 35.5. The monoisotopic (exact) mass is 429 g/mol. The molecule has 0 saturated carbocycles. The second-order valence-electron chi connectivity index (χ2n) is 7.28. The van der Waals surface area contributed by atoms with Crippen LogP contribution in [0.2, 0.25) is 5.02 Å². The zero-order valence-electron chi connectivity index (χ0n) is 17.3. The Hall–Kier alpha value is -2.80. The van der Waals surface area contributed by atoms with Crippen molar-refractivity contribution in [3.63, 3.8) is 0 Å². The predicted molar refractivity (Wildman–Crippen MR) is 120 cm³/mol. The Morgan fingerprint density at radius 3 is 2.60 bits per heavy atom. The maximum Gasteiger partial charge on any atom is 0.250 e. The average Bonchev–Trinajstić information content (AvgIpc) is 2.75. The highest BCUT2D eigenvalue weighted by Crippen LogP contribution is 2.13. The molecule has 1 aliphatic heterocycles. The van der Waals surface area contributed by atoms with Crippen molar-refractivity contribution in [2.75, 3.05) is 33.2 Å². The molecule has 1 saturated heterocycles. The molecule has 160 valence electrons. The van der Waals surface area contributed by atoms with E-state index in [9.17, 15) is 9.59 Å². The maximum absolute atomic E-state index is 12.6. The molecule has 0 bridgehead atoms. The molecule has 1 N–H and O–H groups in total. The summed E-state index contributed by atoms with van der Waals surface area (Å²) in [7, 11) is 1.73. The van der Waals surface area contributed by atoms with Gasteiger partial charge in [-0.05, 0) is 36.6 Å². The van der Waals surface area contributed by atoms with Crippen molar-refractivity contribution in [2.45, 2.75) is 25.9 Å². The Bertz CT molecular complexity index is 926. The number of hydrogen-bond donors (Lipinski definition) is 1. The van der Waals surface area contributed by atoms with Gasteiger partial charge in [-0.3, -0.25) is 14.6 Å². The van der Waals surface area contributed by atoms with E-state index >= 15 is 0 Å². The quantitative estimate of drug-likeness (QED) is 0.416. The fraction of sp³-hybridized carbons (Fsp3) is 0.409. The van der Waals surface area contributed by atoms with Crippen LogP contribution in [0.4, 0.5) is 0 Å². The molecule has 0 atom stereocenters. The average molecular weight is 430 g/mol. The van der Waals surface area contributed by atoms with E-state index in [0.29, 0.717) is 31.2 Å². The molecular formula is C22H28ClN5O2. The van der Waals surface area contributed by atoms with Gasteiger partial charge in [-0.1, -0.05) is 29.8 Å². The molecule has 8 heteroatoms. The van der Waals surface area contributed by atoms with Crippen LogP contribution in [0.5, 0.6) is 0 Å². The number of unbranched alkanes of at least 4 members (excludes halogenated alkanes) is 1. The molecule has 0 unspecified atom stereocenters. The number of aryl methyl sites for hydroxylation is 1. The summed E-state index contributed by atoms with van der Waals surface area (Å²) in [6.07, 6.45) is 3.61. The van der Waals surface area contributed by atoms with Crippen LogP contribution < -0.4 is 10.9 Å². The maximum atomic E-state index is 12.6. The van der Waals surface area contributed by atoms with E-state index in [1.54, 1.807) is 23.7 Å². The molecule has 1 amide bonds. The summed E-state index contributed by atoms with van der Waals surface area (Å²) in [6.45, 7) is 3.73. The fourth-order valence-electron chi connectivity index (χ4n) is 3.45. The topological polar surface area (TPSA) is 69.9 Å². The Kier molecular flexibility index (Phi) is 7.90. The van der Waals surface area contributed by atoms with Crippen molar-refractivity contribution >= 4 is 23.5 Å². The first-order valence-corrected chi connectivity index (χ1v) is 10.6. The van der Waals surface area contributed by atoms with Gasteiger partial charge in [0.2, 0.25) is 11.5 Å². The van der Waals surface area contributed by atoms with Gasteiger partial charge < -0.3 is 19.7 Å². The minimum Gasteiger partial charge on any atom is -0.356 e. The van der Waals surface area contributed by atoms with Gasteiger partial charge in [-0.2, -0.15) is 0 Å². The van der Waals surface area contributed by atoms with Gasteiger partial charge in [0.25, 0.3) is 0 Å². The van der Waals surface area contributed by atoms with Crippen LogP contribution in [-0.4, -0.2) is 59.5 Å². The smallest absolute Gasteiger partial charge is 0.250 e. The molecule has 0 spiro atoms. The first kappa shape index (κ1) is 21.9. The molecule has 1 aliphatic rings. The van der Waals surface area contributed by atoms with Crippen molar-refractivity contribution in [3.05, 3.63) is 69.6 Å². The minimum absolute atomic E-state index is 0.0243. The van der Waals surface area contributed by atoms with E-state index in [-0.39, 0.29) is 11.5 Å². The third kappa shape index (κ3) is 6.10. The Labute approximate surface area is 182 Å². The standard InChI is InChI=1S/C22H28ClN5O2/c1-24-22(25-11-3-5-13-26-12-4-2-6-20(26)29)28-15-14-27(21(30)17-28)16-18-7-9-19(23)10-8-18/h2,4,6-10,12H,3,5,11,13-17H2,1H3,(H,24,25). The molecule has 2 aromatic rings.